The molecular formula is C14H13Cl2NO2S. The van der Waals surface area contributed by atoms with Crippen LogP contribution in [0.3, 0.4) is 0 Å². The number of rotatable bonds is 4. The average Bonchev–Trinajstić information content (AvgIpc) is 2.38. The molecule has 0 unspecified atom stereocenters. The van der Waals surface area contributed by atoms with Crippen LogP contribution in [0.2, 0.25) is 10.0 Å². The lowest BCUT2D eigenvalue weighted by atomic mass is 10.2. The summed E-state index contributed by atoms with van der Waals surface area (Å²) in [5, 5.41) is 0.893. The summed E-state index contributed by atoms with van der Waals surface area (Å²) < 4.78 is 25.3. The second-order valence-electron chi connectivity index (χ2n) is 4.31. The molecule has 20 heavy (non-hydrogen) atoms. The largest absolute Gasteiger partial charge is 0.266 e. The van der Waals surface area contributed by atoms with Crippen LogP contribution in [-0.4, -0.2) is 14.7 Å². The fourth-order valence-electron chi connectivity index (χ4n) is 1.82. The Morgan fingerprint density at radius 3 is 2.00 bits per heavy atom. The highest BCUT2D eigenvalue weighted by Gasteiger charge is 2.20. The monoisotopic (exact) mass is 329 g/mol. The minimum atomic E-state index is -3.43. The van der Waals surface area contributed by atoms with E-state index in [1.54, 1.807) is 42.5 Å². The van der Waals surface area contributed by atoms with Crippen molar-refractivity contribution in [2.45, 2.75) is 6.54 Å². The van der Waals surface area contributed by atoms with Gasteiger partial charge in [-0.15, -0.1) is 0 Å². The molecule has 0 saturated carbocycles. The molecular weight excluding hydrogens is 317 g/mol. The summed E-state index contributed by atoms with van der Waals surface area (Å²) in [4.78, 5) is 0. The van der Waals surface area contributed by atoms with Crippen LogP contribution in [0.15, 0.2) is 48.5 Å². The Morgan fingerprint density at radius 2 is 1.50 bits per heavy atom. The smallest absolute Gasteiger partial charge is 0.232 e. The molecule has 0 aromatic heterocycles. The maximum atomic E-state index is 12.0. The second-order valence-corrected chi connectivity index (χ2v) is 7.03. The quantitative estimate of drug-likeness (QED) is 0.851. The molecule has 0 aliphatic rings. The zero-order valence-electron chi connectivity index (χ0n) is 10.8. The predicted molar refractivity (Wildman–Crippen MR) is 83.9 cm³/mol. The van der Waals surface area contributed by atoms with Gasteiger partial charge < -0.3 is 0 Å². The summed E-state index contributed by atoms with van der Waals surface area (Å²) in [7, 11) is -3.43. The van der Waals surface area contributed by atoms with Crippen LogP contribution in [0.25, 0.3) is 0 Å². The zero-order chi connectivity index (χ0) is 14.8. The Hall–Kier alpha value is -1.23. The van der Waals surface area contributed by atoms with Crippen molar-refractivity contribution in [2.24, 2.45) is 0 Å². The molecule has 2 rings (SSSR count). The van der Waals surface area contributed by atoms with E-state index in [1.165, 1.54) is 4.31 Å². The van der Waals surface area contributed by atoms with Gasteiger partial charge >= 0.3 is 0 Å². The van der Waals surface area contributed by atoms with Crippen molar-refractivity contribution in [1.82, 2.24) is 0 Å². The topological polar surface area (TPSA) is 37.4 Å². The molecule has 0 amide bonds. The Labute approximate surface area is 128 Å². The lowest BCUT2D eigenvalue weighted by Gasteiger charge is -2.23. The van der Waals surface area contributed by atoms with Gasteiger partial charge in [0, 0.05) is 15.6 Å². The Morgan fingerprint density at radius 1 is 0.950 bits per heavy atom. The molecule has 0 bridgehead atoms. The summed E-state index contributed by atoms with van der Waals surface area (Å²) in [5.74, 6) is 0. The molecule has 0 fully saturated rings. The highest BCUT2D eigenvalue weighted by atomic mass is 35.5. The van der Waals surface area contributed by atoms with Gasteiger partial charge in [-0.05, 0) is 24.3 Å². The number of hydrogen-bond donors (Lipinski definition) is 0. The molecule has 3 nitrogen and oxygen atoms in total. The number of nitrogens with zero attached hydrogens (tertiary/aromatic N) is 1. The third-order valence-corrected chi connectivity index (χ3v) is 4.66. The first-order valence-electron chi connectivity index (χ1n) is 5.85. The molecule has 2 aromatic carbocycles. The van der Waals surface area contributed by atoms with E-state index >= 15 is 0 Å². The minimum Gasteiger partial charge on any atom is -0.266 e. The van der Waals surface area contributed by atoms with Gasteiger partial charge in [0.15, 0.2) is 0 Å². The first-order chi connectivity index (χ1) is 9.39. The van der Waals surface area contributed by atoms with Crippen molar-refractivity contribution in [3.05, 3.63) is 64.1 Å². The minimum absolute atomic E-state index is 0.0986. The Balaban J connectivity index is 2.45. The SMILES string of the molecule is CS(=O)(=O)N(Cc1c(Cl)cccc1Cl)c1ccccc1. The maximum Gasteiger partial charge on any atom is 0.232 e. The molecule has 106 valence electrons. The van der Waals surface area contributed by atoms with Gasteiger partial charge in [0.1, 0.15) is 0 Å². The predicted octanol–water partition coefficient (Wildman–Crippen LogP) is 3.96. The number of benzene rings is 2. The fraction of sp³-hybridized carbons (Fsp3) is 0.143. The van der Waals surface area contributed by atoms with Gasteiger partial charge in [0.2, 0.25) is 10.0 Å². The molecule has 0 N–H and O–H groups in total. The van der Waals surface area contributed by atoms with Crippen LogP contribution in [0.4, 0.5) is 5.69 Å². The molecule has 2 aromatic rings. The van der Waals surface area contributed by atoms with Gasteiger partial charge in [0.25, 0.3) is 0 Å². The van der Waals surface area contributed by atoms with Gasteiger partial charge in [-0.3, -0.25) is 4.31 Å². The molecule has 0 spiro atoms. The summed E-state index contributed by atoms with van der Waals surface area (Å²) in [5.41, 5.74) is 1.16. The summed E-state index contributed by atoms with van der Waals surface area (Å²) in [6.45, 7) is 0.0986. The van der Waals surface area contributed by atoms with Crippen molar-refractivity contribution in [3.8, 4) is 0 Å². The first kappa shape index (κ1) is 15.2. The number of anilines is 1. The maximum absolute atomic E-state index is 12.0. The lowest BCUT2D eigenvalue weighted by molar-refractivity contribution is 0.596. The fourth-order valence-corrected chi connectivity index (χ4v) is 3.21. The van der Waals surface area contributed by atoms with Gasteiger partial charge in [-0.25, -0.2) is 8.42 Å². The number of para-hydroxylation sites is 1. The van der Waals surface area contributed by atoms with Gasteiger partial charge in [0.05, 0.1) is 18.5 Å². The van der Waals surface area contributed by atoms with Crippen molar-refractivity contribution >= 4 is 38.9 Å². The van der Waals surface area contributed by atoms with E-state index in [9.17, 15) is 8.42 Å². The van der Waals surface area contributed by atoms with Crippen LogP contribution >= 0.6 is 23.2 Å². The highest BCUT2D eigenvalue weighted by Crippen LogP contribution is 2.28. The molecule has 0 aliphatic carbocycles. The normalized spacial score (nSPS) is 11.3. The van der Waals surface area contributed by atoms with Crippen LogP contribution in [-0.2, 0) is 16.6 Å². The summed E-state index contributed by atoms with van der Waals surface area (Å²) in [6, 6.07) is 13.9. The lowest BCUT2D eigenvalue weighted by Crippen LogP contribution is -2.29. The van der Waals surface area contributed by atoms with Crippen molar-refractivity contribution in [3.63, 3.8) is 0 Å². The molecule has 0 aliphatic heterocycles. The van der Waals surface area contributed by atoms with E-state index in [2.05, 4.69) is 0 Å². The van der Waals surface area contributed by atoms with Crippen LogP contribution in [0.5, 0.6) is 0 Å². The Kier molecular flexibility index (Phi) is 4.58. The van der Waals surface area contributed by atoms with E-state index in [-0.39, 0.29) is 6.54 Å². The molecule has 0 saturated heterocycles. The number of halogens is 2. The van der Waals surface area contributed by atoms with Crippen molar-refractivity contribution < 1.29 is 8.42 Å². The first-order valence-corrected chi connectivity index (χ1v) is 8.45. The zero-order valence-corrected chi connectivity index (χ0v) is 13.1. The second kappa shape index (κ2) is 6.04. The highest BCUT2D eigenvalue weighted by molar-refractivity contribution is 7.92. The molecule has 0 radical (unpaired) electrons. The molecule has 0 atom stereocenters. The van der Waals surface area contributed by atoms with E-state index < -0.39 is 10.0 Å². The van der Waals surface area contributed by atoms with E-state index in [0.717, 1.165) is 6.26 Å². The standard InChI is InChI=1S/C14H13Cl2NO2S/c1-20(18,19)17(11-6-3-2-4-7-11)10-12-13(15)8-5-9-14(12)16/h2-9H,10H2,1H3. The third-order valence-electron chi connectivity index (χ3n) is 2.81. The summed E-state index contributed by atoms with van der Waals surface area (Å²) in [6.07, 6.45) is 1.16. The van der Waals surface area contributed by atoms with Gasteiger partial charge in [-0.2, -0.15) is 0 Å². The summed E-state index contributed by atoms with van der Waals surface area (Å²) >= 11 is 12.2. The third kappa shape index (κ3) is 3.45. The van der Waals surface area contributed by atoms with E-state index in [0.29, 0.717) is 21.3 Å². The van der Waals surface area contributed by atoms with Crippen LogP contribution < -0.4 is 4.31 Å². The Bertz CT molecular complexity index is 682. The average molecular weight is 330 g/mol. The van der Waals surface area contributed by atoms with Crippen LogP contribution in [0.1, 0.15) is 5.56 Å². The van der Waals surface area contributed by atoms with E-state index in [1.807, 2.05) is 6.07 Å². The number of sulfonamides is 1. The van der Waals surface area contributed by atoms with Crippen molar-refractivity contribution in [2.75, 3.05) is 10.6 Å². The van der Waals surface area contributed by atoms with Crippen LogP contribution in [0, 0.1) is 0 Å². The molecule has 0 heterocycles. The number of hydrogen-bond acceptors (Lipinski definition) is 2. The van der Waals surface area contributed by atoms with Gasteiger partial charge in [-0.1, -0.05) is 47.5 Å². The van der Waals surface area contributed by atoms with E-state index in [4.69, 9.17) is 23.2 Å². The van der Waals surface area contributed by atoms with Crippen molar-refractivity contribution in [1.29, 1.82) is 0 Å². The molecule has 6 heteroatoms.